The normalized spacial score (nSPS) is 19.4. The molecular weight excluding hydrogens is 306 g/mol. The van der Waals surface area contributed by atoms with E-state index in [1.165, 1.54) is 12.5 Å². The Morgan fingerprint density at radius 2 is 1.79 bits per heavy atom. The van der Waals surface area contributed by atoms with Gasteiger partial charge in [0.25, 0.3) is 11.6 Å². The quantitative estimate of drug-likeness (QED) is 0.628. The molecule has 3 rings (SSSR count). The van der Waals surface area contributed by atoms with Crippen LogP contribution in [0.4, 0.5) is 11.4 Å². The summed E-state index contributed by atoms with van der Waals surface area (Å²) in [6.07, 6.45) is 5.29. The van der Waals surface area contributed by atoms with Crippen LogP contribution < -0.4 is 4.90 Å². The molecule has 0 saturated carbocycles. The molecule has 0 radical (unpaired) electrons. The van der Waals surface area contributed by atoms with E-state index in [0.717, 1.165) is 51.9 Å². The fraction of sp³-hybridized carbons (Fsp3) is 0.611. The minimum Gasteiger partial charge on any atom is -0.366 e. The summed E-state index contributed by atoms with van der Waals surface area (Å²) >= 11 is 0. The number of nitrogens with zero attached hydrogens (tertiary/aromatic N) is 3. The van der Waals surface area contributed by atoms with E-state index in [9.17, 15) is 14.9 Å². The Kier molecular flexibility index (Phi) is 5.02. The Balaban J connectivity index is 1.83. The number of nitro groups is 1. The maximum absolute atomic E-state index is 12.7. The van der Waals surface area contributed by atoms with Gasteiger partial charge in [0.15, 0.2) is 0 Å². The fourth-order valence-electron chi connectivity index (χ4n) is 3.60. The Morgan fingerprint density at radius 1 is 1.12 bits per heavy atom. The highest BCUT2D eigenvalue weighted by Crippen LogP contribution is 2.32. The standard InChI is InChI=1S/C18H25N3O3/c1-14-7-11-20(12-8-14)18(22)15-5-6-16(17(13-15)21(23)24)19-9-3-2-4-10-19/h5-6,13-14H,2-4,7-12H2,1H3. The van der Waals surface area contributed by atoms with Crippen LogP contribution in [0.15, 0.2) is 18.2 Å². The topological polar surface area (TPSA) is 66.7 Å². The number of nitro benzene ring substituents is 1. The number of piperidine rings is 2. The molecule has 0 unspecified atom stereocenters. The highest BCUT2D eigenvalue weighted by atomic mass is 16.6. The van der Waals surface area contributed by atoms with Crippen LogP contribution in [0, 0.1) is 16.0 Å². The zero-order valence-corrected chi connectivity index (χ0v) is 14.2. The summed E-state index contributed by atoms with van der Waals surface area (Å²) in [6.45, 7) is 5.36. The van der Waals surface area contributed by atoms with E-state index >= 15 is 0 Å². The van der Waals surface area contributed by atoms with Crippen molar-refractivity contribution in [1.82, 2.24) is 4.90 Å². The van der Waals surface area contributed by atoms with Gasteiger partial charge in [0, 0.05) is 37.8 Å². The first kappa shape index (κ1) is 16.7. The number of benzene rings is 1. The number of carbonyl (C=O) groups excluding carboxylic acids is 1. The van der Waals surface area contributed by atoms with Gasteiger partial charge >= 0.3 is 0 Å². The molecule has 0 aromatic heterocycles. The number of amides is 1. The van der Waals surface area contributed by atoms with Gasteiger partial charge in [0.2, 0.25) is 0 Å². The van der Waals surface area contributed by atoms with Gasteiger partial charge in [-0.15, -0.1) is 0 Å². The summed E-state index contributed by atoms with van der Waals surface area (Å²) in [4.78, 5) is 27.7. The molecule has 2 saturated heterocycles. The van der Waals surface area contributed by atoms with Crippen LogP contribution in [-0.2, 0) is 0 Å². The zero-order valence-electron chi connectivity index (χ0n) is 14.2. The van der Waals surface area contributed by atoms with Crippen molar-refractivity contribution in [3.05, 3.63) is 33.9 Å². The van der Waals surface area contributed by atoms with Gasteiger partial charge in [0.05, 0.1) is 4.92 Å². The number of rotatable bonds is 3. The predicted octanol–water partition coefficient (Wildman–Crippen LogP) is 3.46. The number of anilines is 1. The highest BCUT2D eigenvalue weighted by Gasteiger charge is 2.26. The molecule has 6 heteroatoms. The first-order valence-corrected chi connectivity index (χ1v) is 8.89. The molecule has 6 nitrogen and oxygen atoms in total. The van der Waals surface area contributed by atoms with Crippen LogP contribution in [-0.4, -0.2) is 41.9 Å². The molecule has 0 bridgehead atoms. The van der Waals surface area contributed by atoms with Crippen molar-refractivity contribution in [2.45, 2.75) is 39.0 Å². The minimum absolute atomic E-state index is 0.0492. The van der Waals surface area contributed by atoms with E-state index in [2.05, 4.69) is 11.8 Å². The highest BCUT2D eigenvalue weighted by molar-refractivity contribution is 5.95. The maximum Gasteiger partial charge on any atom is 0.293 e. The molecule has 1 aromatic carbocycles. The van der Waals surface area contributed by atoms with Crippen molar-refractivity contribution >= 4 is 17.3 Å². The third-order valence-electron chi connectivity index (χ3n) is 5.19. The molecule has 1 aromatic rings. The van der Waals surface area contributed by atoms with Crippen molar-refractivity contribution < 1.29 is 9.72 Å². The third kappa shape index (κ3) is 3.52. The molecule has 0 atom stereocenters. The van der Waals surface area contributed by atoms with E-state index in [-0.39, 0.29) is 16.5 Å². The van der Waals surface area contributed by atoms with E-state index < -0.39 is 0 Å². The number of likely N-dealkylation sites (tertiary alicyclic amines) is 1. The molecule has 2 fully saturated rings. The van der Waals surface area contributed by atoms with E-state index in [1.54, 1.807) is 12.1 Å². The molecule has 2 aliphatic heterocycles. The van der Waals surface area contributed by atoms with Gasteiger partial charge in [-0.25, -0.2) is 0 Å². The molecule has 0 N–H and O–H groups in total. The second-order valence-electron chi connectivity index (χ2n) is 6.98. The van der Waals surface area contributed by atoms with Crippen LogP contribution in [0.3, 0.4) is 0 Å². The lowest BCUT2D eigenvalue weighted by molar-refractivity contribution is -0.384. The third-order valence-corrected chi connectivity index (χ3v) is 5.19. The van der Waals surface area contributed by atoms with Crippen LogP contribution in [0.25, 0.3) is 0 Å². The van der Waals surface area contributed by atoms with Crippen molar-refractivity contribution in [3.63, 3.8) is 0 Å². The van der Waals surface area contributed by atoms with Gasteiger partial charge in [-0.1, -0.05) is 6.92 Å². The second-order valence-corrected chi connectivity index (χ2v) is 6.98. The summed E-state index contributed by atoms with van der Waals surface area (Å²) in [7, 11) is 0. The monoisotopic (exact) mass is 331 g/mol. The summed E-state index contributed by atoms with van der Waals surface area (Å²) < 4.78 is 0. The number of hydrogen-bond acceptors (Lipinski definition) is 4. The molecule has 24 heavy (non-hydrogen) atoms. The van der Waals surface area contributed by atoms with Gasteiger partial charge in [0.1, 0.15) is 5.69 Å². The average molecular weight is 331 g/mol. The van der Waals surface area contributed by atoms with Gasteiger partial charge < -0.3 is 9.80 Å². The predicted molar refractivity (Wildman–Crippen MR) is 93.5 cm³/mol. The number of hydrogen-bond donors (Lipinski definition) is 0. The van der Waals surface area contributed by atoms with E-state index in [0.29, 0.717) is 17.2 Å². The van der Waals surface area contributed by atoms with Crippen molar-refractivity contribution in [1.29, 1.82) is 0 Å². The van der Waals surface area contributed by atoms with Crippen molar-refractivity contribution in [3.8, 4) is 0 Å². The Labute approximate surface area is 142 Å². The maximum atomic E-state index is 12.7. The van der Waals surface area contributed by atoms with E-state index in [4.69, 9.17) is 0 Å². The summed E-state index contributed by atoms with van der Waals surface area (Å²) in [6, 6.07) is 4.96. The summed E-state index contributed by atoms with van der Waals surface area (Å²) in [5.41, 5.74) is 1.12. The lowest BCUT2D eigenvalue weighted by Gasteiger charge is -2.31. The largest absolute Gasteiger partial charge is 0.366 e. The first-order chi connectivity index (χ1) is 11.6. The van der Waals surface area contributed by atoms with Gasteiger partial charge in [-0.05, 0) is 50.2 Å². The SMILES string of the molecule is CC1CCN(C(=O)c2ccc(N3CCCCC3)c([N+](=O)[O-])c2)CC1. The van der Waals surface area contributed by atoms with Crippen LogP contribution in [0.5, 0.6) is 0 Å². The molecule has 130 valence electrons. The van der Waals surface area contributed by atoms with Crippen LogP contribution >= 0.6 is 0 Å². The Hall–Kier alpha value is -2.11. The first-order valence-electron chi connectivity index (χ1n) is 8.89. The van der Waals surface area contributed by atoms with Crippen molar-refractivity contribution in [2.24, 2.45) is 5.92 Å². The lowest BCUT2D eigenvalue weighted by atomic mass is 9.98. The minimum atomic E-state index is -0.362. The Bertz CT molecular complexity index is 618. The van der Waals surface area contributed by atoms with E-state index in [1.807, 2.05) is 4.90 Å². The van der Waals surface area contributed by atoms with Gasteiger partial charge in [-0.3, -0.25) is 14.9 Å². The number of carbonyl (C=O) groups is 1. The Morgan fingerprint density at radius 3 is 2.42 bits per heavy atom. The molecule has 0 spiro atoms. The van der Waals surface area contributed by atoms with Crippen molar-refractivity contribution in [2.75, 3.05) is 31.1 Å². The lowest BCUT2D eigenvalue weighted by Crippen LogP contribution is -2.38. The van der Waals surface area contributed by atoms with Gasteiger partial charge in [-0.2, -0.15) is 0 Å². The van der Waals surface area contributed by atoms with Crippen LogP contribution in [0.2, 0.25) is 0 Å². The molecule has 0 aliphatic carbocycles. The van der Waals surface area contributed by atoms with Crippen LogP contribution in [0.1, 0.15) is 49.4 Å². The summed E-state index contributed by atoms with van der Waals surface area (Å²) in [5, 5.41) is 11.5. The zero-order chi connectivity index (χ0) is 17.1. The smallest absolute Gasteiger partial charge is 0.293 e. The average Bonchev–Trinajstić information content (AvgIpc) is 2.62. The summed E-state index contributed by atoms with van der Waals surface area (Å²) in [5.74, 6) is 0.556. The fourth-order valence-corrected chi connectivity index (χ4v) is 3.60. The molecular formula is C18H25N3O3. The second kappa shape index (κ2) is 7.20. The molecule has 2 aliphatic rings. The molecule has 2 heterocycles. The molecule has 1 amide bonds.